The summed E-state index contributed by atoms with van der Waals surface area (Å²) in [5.74, 6) is -7.73. The number of hydrogen-bond acceptors (Lipinski definition) is 6. The molecule has 1 aliphatic heterocycles. The molecule has 0 bridgehead atoms. The minimum absolute atomic E-state index is 0.0966. The van der Waals surface area contributed by atoms with Gasteiger partial charge in [-0.2, -0.15) is 8.78 Å². The van der Waals surface area contributed by atoms with Crippen molar-refractivity contribution in [2.45, 2.75) is 25.4 Å². The van der Waals surface area contributed by atoms with Gasteiger partial charge in [0.15, 0.2) is 11.4 Å². The van der Waals surface area contributed by atoms with Gasteiger partial charge >= 0.3 is 11.6 Å². The van der Waals surface area contributed by atoms with Gasteiger partial charge in [-0.1, -0.05) is 5.16 Å². The van der Waals surface area contributed by atoms with Crippen molar-refractivity contribution in [1.29, 1.82) is 0 Å². The zero-order chi connectivity index (χ0) is 26.9. The highest BCUT2D eigenvalue weighted by atomic mass is 32.2. The quantitative estimate of drug-likeness (QED) is 0.374. The van der Waals surface area contributed by atoms with E-state index in [1.54, 1.807) is 6.92 Å². The Hall–Kier alpha value is -3.72. The van der Waals surface area contributed by atoms with E-state index in [9.17, 15) is 26.4 Å². The lowest BCUT2D eigenvalue weighted by molar-refractivity contribution is -0.0248. The lowest BCUT2D eigenvalue weighted by Crippen LogP contribution is -2.44. The minimum atomic E-state index is -4.01. The number of nitrogens with zero attached hydrogens (tertiary/aromatic N) is 3. The van der Waals surface area contributed by atoms with Crippen molar-refractivity contribution in [2.75, 3.05) is 12.9 Å². The molecule has 0 unspecified atom stereocenters. The molecule has 196 valence electrons. The number of alkyl halides is 2. The molecule has 4 aromatic rings. The highest BCUT2D eigenvalue weighted by molar-refractivity contribution is 7.88. The van der Waals surface area contributed by atoms with Crippen molar-refractivity contribution in [3.8, 4) is 22.7 Å². The fourth-order valence-corrected chi connectivity index (χ4v) is 5.10. The molecule has 37 heavy (non-hydrogen) atoms. The first kappa shape index (κ1) is 25.0. The monoisotopic (exact) mass is 544 g/mol. The normalized spacial score (nSPS) is 16.9. The molecule has 1 N–H and O–H groups in total. The number of fused-ring (bicyclic) bond motifs is 2. The molecule has 2 aromatic heterocycles. The number of ether oxygens (including phenoxy) is 1. The average molecular weight is 544 g/mol. The van der Waals surface area contributed by atoms with E-state index in [0.29, 0.717) is 27.5 Å². The lowest BCUT2D eigenvalue weighted by atomic mass is 9.99. The molecule has 1 atom stereocenters. The largest absolute Gasteiger partial charge is 0.494 e. The number of nitrogens with one attached hydrogen (secondary N) is 1. The lowest BCUT2D eigenvalue weighted by Gasteiger charge is -2.18. The number of hydrogen-bond donors (Lipinski definition) is 1. The summed E-state index contributed by atoms with van der Waals surface area (Å²) < 4.78 is 110. The maximum Gasteiger partial charge on any atom is 0.334 e. The Kier molecular flexibility index (Phi) is 5.67. The molecule has 0 radical (unpaired) electrons. The third-order valence-electron chi connectivity index (χ3n) is 5.82. The topological polar surface area (TPSA) is 108 Å². The van der Waals surface area contributed by atoms with Crippen LogP contribution in [0.1, 0.15) is 12.6 Å². The third kappa shape index (κ3) is 4.07. The van der Waals surface area contributed by atoms with Crippen LogP contribution in [0.4, 0.5) is 22.0 Å². The first-order chi connectivity index (χ1) is 17.3. The van der Waals surface area contributed by atoms with Crippen LogP contribution in [-0.4, -0.2) is 41.6 Å². The van der Waals surface area contributed by atoms with Gasteiger partial charge in [-0.25, -0.2) is 35.7 Å². The first-order valence-corrected chi connectivity index (χ1v) is 12.6. The summed E-state index contributed by atoms with van der Waals surface area (Å²) in [6.07, 6.45) is 1.46. The van der Waals surface area contributed by atoms with Crippen molar-refractivity contribution in [3.63, 3.8) is 0 Å². The standard InChI is InChI=1S/C22H17F5N4O5S/c1-3-35-11-6-12(18-13(24)4-10(23)5-14(18)25)19-15(7-11)36-28-20(19)31-9-17-22(26,27)16(29-37(2,33)34)8-30(17)21(31)32/h4-7,9,16,29H,3,8H2,1-2H3/t16-/m1/s1. The maximum absolute atomic E-state index is 15.0. The van der Waals surface area contributed by atoms with Crippen molar-refractivity contribution in [2.24, 2.45) is 0 Å². The van der Waals surface area contributed by atoms with Crippen molar-refractivity contribution < 1.29 is 39.6 Å². The van der Waals surface area contributed by atoms with Crippen LogP contribution < -0.4 is 15.1 Å². The highest BCUT2D eigenvalue weighted by Gasteiger charge is 2.52. The zero-order valence-electron chi connectivity index (χ0n) is 19.1. The molecule has 0 amide bonds. The Morgan fingerprint density at radius 3 is 2.46 bits per heavy atom. The van der Waals surface area contributed by atoms with Crippen LogP contribution in [0.2, 0.25) is 0 Å². The van der Waals surface area contributed by atoms with Gasteiger partial charge in [-0.05, 0) is 13.0 Å². The molecule has 5 rings (SSSR count). The highest BCUT2D eigenvalue weighted by Crippen LogP contribution is 2.41. The molecule has 0 aliphatic carbocycles. The summed E-state index contributed by atoms with van der Waals surface area (Å²) in [4.78, 5) is 13.1. The summed E-state index contributed by atoms with van der Waals surface area (Å²) in [5, 5.41) is 3.64. The van der Waals surface area contributed by atoms with Gasteiger partial charge in [0.1, 0.15) is 34.9 Å². The number of benzene rings is 2. The zero-order valence-corrected chi connectivity index (χ0v) is 19.9. The van der Waals surface area contributed by atoms with Gasteiger partial charge in [0.05, 0.1) is 30.4 Å². The molecular weight excluding hydrogens is 527 g/mol. The third-order valence-corrected chi connectivity index (χ3v) is 6.54. The molecule has 9 nitrogen and oxygen atoms in total. The Morgan fingerprint density at radius 2 is 1.86 bits per heavy atom. The summed E-state index contributed by atoms with van der Waals surface area (Å²) >= 11 is 0. The van der Waals surface area contributed by atoms with Crippen LogP contribution in [0.25, 0.3) is 27.9 Å². The maximum atomic E-state index is 15.0. The minimum Gasteiger partial charge on any atom is -0.494 e. The second-order valence-electron chi connectivity index (χ2n) is 8.37. The number of aromatic nitrogens is 3. The summed E-state index contributed by atoms with van der Waals surface area (Å²) in [6.45, 7) is 1.15. The molecular formula is C22H17F5N4O5S. The van der Waals surface area contributed by atoms with Crippen molar-refractivity contribution in [1.82, 2.24) is 19.0 Å². The Labute approximate surface area is 205 Å². The Balaban J connectivity index is 1.73. The van der Waals surface area contributed by atoms with Gasteiger partial charge in [-0.3, -0.25) is 4.57 Å². The van der Waals surface area contributed by atoms with Crippen LogP contribution in [0.5, 0.6) is 5.75 Å². The van der Waals surface area contributed by atoms with E-state index in [-0.39, 0.29) is 34.7 Å². The van der Waals surface area contributed by atoms with Gasteiger partial charge in [0.25, 0.3) is 0 Å². The first-order valence-electron chi connectivity index (χ1n) is 10.7. The molecule has 3 heterocycles. The number of halogens is 5. The van der Waals surface area contributed by atoms with E-state index in [2.05, 4.69) is 5.16 Å². The molecule has 0 fully saturated rings. The van der Waals surface area contributed by atoms with Gasteiger partial charge in [-0.15, -0.1) is 0 Å². The van der Waals surface area contributed by atoms with E-state index in [1.807, 2.05) is 4.72 Å². The summed E-state index contributed by atoms with van der Waals surface area (Å²) in [5.41, 5.74) is -2.83. The van der Waals surface area contributed by atoms with E-state index >= 15 is 8.78 Å². The SMILES string of the molecule is CCOc1cc(-c2c(F)cc(F)cc2F)c2c(-n3cc4n(c3=O)C[C@@H](NS(C)(=O)=O)C4(F)F)noc2c1. The summed E-state index contributed by atoms with van der Waals surface area (Å²) in [6, 6.07) is 1.56. The van der Waals surface area contributed by atoms with E-state index < -0.39 is 62.9 Å². The van der Waals surface area contributed by atoms with E-state index in [4.69, 9.17) is 9.26 Å². The van der Waals surface area contributed by atoms with E-state index in [1.165, 1.54) is 12.1 Å². The second kappa shape index (κ2) is 8.41. The predicted octanol–water partition coefficient (Wildman–Crippen LogP) is 3.29. The average Bonchev–Trinajstić information content (AvgIpc) is 3.40. The number of rotatable bonds is 6. The van der Waals surface area contributed by atoms with Crippen molar-refractivity contribution in [3.05, 3.63) is 64.1 Å². The number of imidazole rings is 1. The molecule has 0 spiro atoms. The smallest absolute Gasteiger partial charge is 0.334 e. The van der Waals surface area contributed by atoms with Crippen LogP contribution in [-0.2, 0) is 22.5 Å². The molecule has 0 saturated carbocycles. The fraction of sp³-hybridized carbons (Fsp3) is 0.273. The van der Waals surface area contributed by atoms with Crippen LogP contribution in [0.3, 0.4) is 0 Å². The Bertz CT molecular complexity index is 1700. The van der Waals surface area contributed by atoms with Gasteiger partial charge < -0.3 is 9.26 Å². The van der Waals surface area contributed by atoms with Crippen LogP contribution in [0, 0.1) is 17.5 Å². The van der Waals surface area contributed by atoms with Crippen molar-refractivity contribution >= 4 is 21.0 Å². The fourth-order valence-electron chi connectivity index (χ4n) is 4.36. The second-order valence-corrected chi connectivity index (χ2v) is 10.2. The van der Waals surface area contributed by atoms with E-state index in [0.717, 1.165) is 6.20 Å². The van der Waals surface area contributed by atoms with Crippen LogP contribution in [0.15, 0.2) is 39.8 Å². The molecule has 0 saturated heterocycles. The molecule has 2 aromatic carbocycles. The predicted molar refractivity (Wildman–Crippen MR) is 120 cm³/mol. The van der Waals surface area contributed by atoms with Gasteiger partial charge in [0, 0.05) is 30.0 Å². The molecule has 15 heteroatoms. The Morgan fingerprint density at radius 1 is 1.19 bits per heavy atom. The molecule has 1 aliphatic rings. The van der Waals surface area contributed by atoms with Gasteiger partial charge in [0.2, 0.25) is 10.0 Å². The van der Waals surface area contributed by atoms with Crippen LogP contribution >= 0.6 is 0 Å². The number of sulfonamides is 1. The summed E-state index contributed by atoms with van der Waals surface area (Å²) in [7, 11) is -4.01.